The van der Waals surface area contributed by atoms with E-state index in [9.17, 15) is 9.90 Å². The van der Waals surface area contributed by atoms with Gasteiger partial charge in [0.1, 0.15) is 5.60 Å². The van der Waals surface area contributed by atoms with E-state index in [1.54, 1.807) is 0 Å². The number of hydrogen-bond donors (Lipinski definition) is 1. The van der Waals surface area contributed by atoms with Crippen molar-refractivity contribution in [3.8, 4) is 0 Å². The van der Waals surface area contributed by atoms with Crippen LogP contribution < -0.4 is 0 Å². The molecule has 0 radical (unpaired) electrons. The van der Waals surface area contributed by atoms with Crippen molar-refractivity contribution in [1.82, 2.24) is 0 Å². The summed E-state index contributed by atoms with van der Waals surface area (Å²) in [4.78, 5) is 12.4. The molecule has 0 aliphatic rings. The molecule has 0 saturated heterocycles. The summed E-state index contributed by atoms with van der Waals surface area (Å²) < 4.78 is 12.3. The molecule has 0 aliphatic heterocycles. The standard InChI is InChI=1S/C25H52O4Si/c1-17(2)21(26)16-22(29-30(12,13)25(9,10)11)19(4)14-18(3)15-20(5)23(27)28-24(6,7)8/h17-22,26H,14-16H2,1-13H3/t18-,19+,20-,21-,22-/m0/s1. The first-order chi connectivity index (χ1) is 13.3. The SMILES string of the molecule is CC(C)[C@@H](O)C[C@H](O[Si](C)(C)C(C)(C)C)[C@H](C)C[C@H](C)C[C@H](C)C(=O)OC(C)(C)C. The summed E-state index contributed by atoms with van der Waals surface area (Å²) in [7, 11) is -1.95. The van der Waals surface area contributed by atoms with Crippen LogP contribution in [0.1, 0.15) is 95.4 Å². The summed E-state index contributed by atoms with van der Waals surface area (Å²) in [6.45, 7) is 27.6. The Morgan fingerprint density at radius 1 is 0.900 bits per heavy atom. The van der Waals surface area contributed by atoms with Crippen LogP contribution in [-0.4, -0.2) is 37.2 Å². The third-order valence-electron chi connectivity index (χ3n) is 6.47. The highest BCUT2D eigenvalue weighted by molar-refractivity contribution is 6.74. The second-order valence-corrected chi connectivity index (χ2v) is 17.2. The summed E-state index contributed by atoms with van der Waals surface area (Å²) >= 11 is 0. The van der Waals surface area contributed by atoms with Gasteiger partial charge in [-0.05, 0) is 75.9 Å². The lowest BCUT2D eigenvalue weighted by Gasteiger charge is -2.42. The topological polar surface area (TPSA) is 55.8 Å². The van der Waals surface area contributed by atoms with Gasteiger partial charge in [0.25, 0.3) is 0 Å². The molecule has 0 saturated carbocycles. The van der Waals surface area contributed by atoms with Crippen LogP contribution in [0, 0.1) is 23.7 Å². The van der Waals surface area contributed by atoms with Crippen molar-refractivity contribution in [2.24, 2.45) is 23.7 Å². The van der Waals surface area contributed by atoms with E-state index in [4.69, 9.17) is 9.16 Å². The molecule has 0 aromatic rings. The number of carbonyl (C=O) groups is 1. The molecule has 0 rings (SSSR count). The van der Waals surface area contributed by atoms with Gasteiger partial charge in [0.05, 0.1) is 18.1 Å². The van der Waals surface area contributed by atoms with Crippen LogP contribution in [0.5, 0.6) is 0 Å². The lowest BCUT2D eigenvalue weighted by molar-refractivity contribution is -0.160. The molecule has 4 nitrogen and oxygen atoms in total. The van der Waals surface area contributed by atoms with Crippen LogP contribution in [0.2, 0.25) is 18.1 Å². The quantitative estimate of drug-likeness (QED) is 0.281. The van der Waals surface area contributed by atoms with Gasteiger partial charge in [0.15, 0.2) is 8.32 Å². The van der Waals surface area contributed by atoms with Gasteiger partial charge in [-0.1, -0.05) is 55.4 Å². The maximum absolute atomic E-state index is 12.4. The Balaban J connectivity index is 5.18. The van der Waals surface area contributed by atoms with E-state index in [-0.39, 0.29) is 35.1 Å². The normalized spacial score (nSPS) is 18.6. The summed E-state index contributed by atoms with van der Waals surface area (Å²) in [6.07, 6.45) is 2.11. The van der Waals surface area contributed by atoms with E-state index >= 15 is 0 Å². The number of rotatable bonds is 11. The minimum Gasteiger partial charge on any atom is -0.460 e. The Kier molecular flexibility index (Phi) is 11.3. The van der Waals surface area contributed by atoms with Crippen molar-refractivity contribution in [2.45, 2.75) is 131 Å². The highest BCUT2D eigenvalue weighted by Crippen LogP contribution is 2.39. The second-order valence-electron chi connectivity index (χ2n) is 12.5. The number of aliphatic hydroxyl groups is 1. The van der Waals surface area contributed by atoms with Gasteiger partial charge in [-0.2, -0.15) is 0 Å². The molecular weight excluding hydrogens is 392 g/mol. The number of esters is 1. The van der Waals surface area contributed by atoms with Crippen LogP contribution in [0.25, 0.3) is 0 Å². The predicted molar refractivity (Wildman–Crippen MR) is 130 cm³/mol. The zero-order valence-electron chi connectivity index (χ0n) is 22.3. The minimum absolute atomic E-state index is 0.0302. The van der Waals surface area contributed by atoms with Crippen molar-refractivity contribution >= 4 is 14.3 Å². The molecule has 180 valence electrons. The van der Waals surface area contributed by atoms with Gasteiger partial charge in [0.2, 0.25) is 0 Å². The molecule has 0 amide bonds. The zero-order chi connectivity index (χ0) is 24.1. The van der Waals surface area contributed by atoms with Crippen LogP contribution >= 0.6 is 0 Å². The fourth-order valence-corrected chi connectivity index (χ4v) is 4.89. The zero-order valence-corrected chi connectivity index (χ0v) is 23.3. The summed E-state index contributed by atoms with van der Waals surface area (Å²) in [5.41, 5.74) is -0.447. The maximum atomic E-state index is 12.4. The third kappa shape index (κ3) is 10.8. The maximum Gasteiger partial charge on any atom is 0.309 e. The van der Waals surface area contributed by atoms with E-state index in [0.717, 1.165) is 12.8 Å². The van der Waals surface area contributed by atoms with Crippen molar-refractivity contribution in [1.29, 1.82) is 0 Å². The van der Waals surface area contributed by atoms with E-state index in [1.807, 2.05) is 27.7 Å². The van der Waals surface area contributed by atoms with E-state index < -0.39 is 13.9 Å². The Hall–Kier alpha value is -0.393. The van der Waals surface area contributed by atoms with Gasteiger partial charge >= 0.3 is 5.97 Å². The van der Waals surface area contributed by atoms with Gasteiger partial charge in [-0.25, -0.2) is 0 Å². The molecule has 5 atom stereocenters. The molecule has 0 heterocycles. The fourth-order valence-electron chi connectivity index (χ4n) is 3.45. The Morgan fingerprint density at radius 3 is 1.80 bits per heavy atom. The number of aliphatic hydroxyl groups excluding tert-OH is 1. The first kappa shape index (κ1) is 29.6. The van der Waals surface area contributed by atoms with Crippen molar-refractivity contribution in [3.05, 3.63) is 0 Å². The van der Waals surface area contributed by atoms with Crippen LogP contribution in [0.15, 0.2) is 0 Å². The third-order valence-corrected chi connectivity index (χ3v) is 11.0. The molecule has 5 heteroatoms. The van der Waals surface area contributed by atoms with Crippen molar-refractivity contribution in [3.63, 3.8) is 0 Å². The summed E-state index contributed by atoms with van der Waals surface area (Å²) in [5, 5.41) is 10.7. The van der Waals surface area contributed by atoms with E-state index in [1.165, 1.54) is 0 Å². The van der Waals surface area contributed by atoms with Crippen molar-refractivity contribution in [2.75, 3.05) is 0 Å². The van der Waals surface area contributed by atoms with Gasteiger partial charge in [-0.15, -0.1) is 0 Å². The molecule has 30 heavy (non-hydrogen) atoms. The first-order valence-corrected chi connectivity index (χ1v) is 14.8. The van der Waals surface area contributed by atoms with Gasteiger partial charge in [0, 0.05) is 0 Å². The van der Waals surface area contributed by atoms with Gasteiger partial charge in [-0.3, -0.25) is 4.79 Å². The van der Waals surface area contributed by atoms with E-state index in [2.05, 4.69) is 61.6 Å². The predicted octanol–water partition coefficient (Wildman–Crippen LogP) is 6.81. The second kappa shape index (κ2) is 11.5. The van der Waals surface area contributed by atoms with Gasteiger partial charge < -0.3 is 14.3 Å². The monoisotopic (exact) mass is 444 g/mol. The summed E-state index contributed by atoms with van der Waals surface area (Å²) in [5.74, 6) is 0.670. The molecule has 0 spiro atoms. The molecule has 0 aromatic heterocycles. The Labute approximate surface area is 188 Å². The first-order valence-electron chi connectivity index (χ1n) is 11.9. The van der Waals surface area contributed by atoms with Crippen LogP contribution in [-0.2, 0) is 14.0 Å². The molecule has 1 N–H and O–H groups in total. The largest absolute Gasteiger partial charge is 0.460 e. The minimum atomic E-state index is -1.95. The molecule has 0 unspecified atom stereocenters. The summed E-state index contributed by atoms with van der Waals surface area (Å²) in [6, 6.07) is 0. The van der Waals surface area contributed by atoms with Crippen molar-refractivity contribution < 1.29 is 19.1 Å². The highest BCUT2D eigenvalue weighted by Gasteiger charge is 2.41. The molecule has 0 bridgehead atoms. The average molecular weight is 445 g/mol. The Bertz CT molecular complexity index is 516. The number of carbonyl (C=O) groups excluding carboxylic acids is 1. The number of ether oxygens (including phenoxy) is 1. The lowest BCUT2D eigenvalue weighted by Crippen LogP contribution is -2.46. The molecule has 0 fully saturated rings. The molecule has 0 aromatic carbocycles. The van der Waals surface area contributed by atoms with E-state index in [0.29, 0.717) is 18.3 Å². The van der Waals surface area contributed by atoms with Crippen LogP contribution in [0.4, 0.5) is 0 Å². The highest BCUT2D eigenvalue weighted by atomic mass is 28.4. The molecular formula is C25H52O4Si. The fraction of sp³-hybridized carbons (Fsp3) is 0.960. The smallest absolute Gasteiger partial charge is 0.309 e. The van der Waals surface area contributed by atoms with Crippen LogP contribution in [0.3, 0.4) is 0 Å². The number of hydrogen-bond acceptors (Lipinski definition) is 4. The average Bonchev–Trinajstić information content (AvgIpc) is 2.50. The molecule has 0 aliphatic carbocycles. The Morgan fingerprint density at radius 2 is 1.40 bits per heavy atom. The lowest BCUT2D eigenvalue weighted by atomic mass is 9.85.